The van der Waals surface area contributed by atoms with Crippen molar-refractivity contribution in [3.8, 4) is 0 Å². The molecule has 0 atom stereocenters. The predicted octanol–water partition coefficient (Wildman–Crippen LogP) is 2.23. The SMILES string of the molecule is Nc1nc(C2CCN(C(=O)C3CCC3)CC2)cs1. The van der Waals surface area contributed by atoms with Crippen molar-refractivity contribution >= 4 is 22.4 Å². The van der Waals surface area contributed by atoms with E-state index in [9.17, 15) is 4.79 Å². The molecule has 1 aromatic rings. The van der Waals surface area contributed by atoms with Crippen LogP contribution in [0.4, 0.5) is 5.13 Å². The number of nitrogens with zero attached hydrogens (tertiary/aromatic N) is 2. The van der Waals surface area contributed by atoms with Crippen molar-refractivity contribution in [2.24, 2.45) is 5.92 Å². The lowest BCUT2D eigenvalue weighted by molar-refractivity contribution is -0.139. The van der Waals surface area contributed by atoms with Crippen LogP contribution in [-0.4, -0.2) is 28.9 Å². The normalized spacial score (nSPS) is 21.9. The molecular weight excluding hydrogens is 246 g/mol. The summed E-state index contributed by atoms with van der Waals surface area (Å²) in [5.74, 6) is 1.21. The van der Waals surface area contributed by atoms with Crippen LogP contribution in [0.25, 0.3) is 0 Å². The van der Waals surface area contributed by atoms with Crippen LogP contribution in [0, 0.1) is 5.92 Å². The Labute approximate surface area is 111 Å². The maximum Gasteiger partial charge on any atom is 0.225 e. The largest absolute Gasteiger partial charge is 0.375 e. The van der Waals surface area contributed by atoms with Gasteiger partial charge in [-0.25, -0.2) is 4.98 Å². The number of aromatic nitrogens is 1. The lowest BCUT2D eigenvalue weighted by atomic mass is 9.83. The van der Waals surface area contributed by atoms with Crippen LogP contribution >= 0.6 is 11.3 Å². The molecular formula is C13H19N3OS. The molecule has 3 rings (SSSR count). The predicted molar refractivity (Wildman–Crippen MR) is 72.4 cm³/mol. The Morgan fingerprint density at radius 2 is 2.06 bits per heavy atom. The Hall–Kier alpha value is -1.10. The molecule has 5 heteroatoms. The summed E-state index contributed by atoms with van der Waals surface area (Å²) in [5.41, 5.74) is 6.79. The molecule has 1 saturated carbocycles. The van der Waals surface area contributed by atoms with Crippen molar-refractivity contribution in [1.82, 2.24) is 9.88 Å². The summed E-state index contributed by atoms with van der Waals surface area (Å²) < 4.78 is 0. The number of carbonyl (C=O) groups is 1. The van der Waals surface area contributed by atoms with Crippen molar-refractivity contribution in [1.29, 1.82) is 0 Å². The Kier molecular flexibility index (Phi) is 3.24. The number of piperidine rings is 1. The second-order valence-electron chi connectivity index (χ2n) is 5.34. The summed E-state index contributed by atoms with van der Waals surface area (Å²) in [6.45, 7) is 1.77. The van der Waals surface area contributed by atoms with E-state index < -0.39 is 0 Å². The Balaban J connectivity index is 1.56. The first-order valence-corrected chi connectivity index (χ1v) is 7.61. The van der Waals surface area contributed by atoms with Gasteiger partial charge in [0.25, 0.3) is 0 Å². The van der Waals surface area contributed by atoms with E-state index in [1.54, 1.807) is 0 Å². The first-order chi connectivity index (χ1) is 8.74. The second-order valence-corrected chi connectivity index (χ2v) is 6.23. The second kappa shape index (κ2) is 4.88. The molecule has 0 unspecified atom stereocenters. The molecule has 1 saturated heterocycles. The quantitative estimate of drug-likeness (QED) is 0.892. The highest BCUT2D eigenvalue weighted by Gasteiger charge is 2.32. The number of nitrogen functional groups attached to an aromatic ring is 1. The minimum atomic E-state index is 0.330. The number of hydrogen-bond donors (Lipinski definition) is 1. The molecule has 1 amide bonds. The molecule has 2 fully saturated rings. The van der Waals surface area contributed by atoms with E-state index in [1.165, 1.54) is 17.8 Å². The van der Waals surface area contributed by atoms with E-state index in [4.69, 9.17) is 5.73 Å². The minimum Gasteiger partial charge on any atom is -0.375 e. The lowest BCUT2D eigenvalue weighted by Gasteiger charge is -2.36. The van der Waals surface area contributed by atoms with Crippen molar-refractivity contribution in [2.45, 2.75) is 38.0 Å². The van der Waals surface area contributed by atoms with Gasteiger partial charge in [0.05, 0.1) is 5.69 Å². The van der Waals surface area contributed by atoms with Crippen LogP contribution in [-0.2, 0) is 4.79 Å². The summed E-state index contributed by atoms with van der Waals surface area (Å²) in [6.07, 6.45) is 5.48. The standard InChI is InChI=1S/C13H19N3OS/c14-13-15-11(8-18-13)9-4-6-16(7-5-9)12(17)10-2-1-3-10/h8-10H,1-7H2,(H2,14,15). The number of likely N-dealkylation sites (tertiary alicyclic amines) is 1. The third-order valence-electron chi connectivity index (χ3n) is 4.22. The van der Waals surface area contributed by atoms with Gasteiger partial charge in [-0.2, -0.15) is 0 Å². The fraction of sp³-hybridized carbons (Fsp3) is 0.692. The van der Waals surface area contributed by atoms with Gasteiger partial charge >= 0.3 is 0 Å². The van der Waals surface area contributed by atoms with Crippen LogP contribution in [0.5, 0.6) is 0 Å². The Morgan fingerprint density at radius 3 is 2.56 bits per heavy atom. The summed E-state index contributed by atoms with van der Waals surface area (Å²) in [7, 11) is 0. The number of nitrogens with two attached hydrogens (primary N) is 1. The van der Waals surface area contributed by atoms with Gasteiger partial charge < -0.3 is 10.6 Å². The molecule has 0 bridgehead atoms. The van der Waals surface area contributed by atoms with Gasteiger partial charge in [0.15, 0.2) is 5.13 Å². The van der Waals surface area contributed by atoms with Crippen molar-refractivity contribution in [2.75, 3.05) is 18.8 Å². The zero-order chi connectivity index (χ0) is 12.5. The first kappa shape index (κ1) is 12.0. The van der Waals surface area contributed by atoms with E-state index in [0.29, 0.717) is 22.9 Å². The van der Waals surface area contributed by atoms with E-state index >= 15 is 0 Å². The smallest absolute Gasteiger partial charge is 0.225 e. The molecule has 0 radical (unpaired) electrons. The van der Waals surface area contributed by atoms with Gasteiger partial charge in [-0.3, -0.25) is 4.79 Å². The highest BCUT2D eigenvalue weighted by Crippen LogP contribution is 2.33. The molecule has 2 heterocycles. The number of carbonyl (C=O) groups excluding carboxylic acids is 1. The van der Waals surface area contributed by atoms with Crippen LogP contribution in [0.3, 0.4) is 0 Å². The maximum atomic E-state index is 12.1. The zero-order valence-electron chi connectivity index (χ0n) is 10.5. The van der Waals surface area contributed by atoms with E-state index in [1.807, 2.05) is 0 Å². The molecule has 18 heavy (non-hydrogen) atoms. The van der Waals surface area contributed by atoms with E-state index in [-0.39, 0.29) is 0 Å². The number of rotatable bonds is 2. The van der Waals surface area contributed by atoms with Crippen molar-refractivity contribution in [3.63, 3.8) is 0 Å². The first-order valence-electron chi connectivity index (χ1n) is 6.73. The molecule has 0 aromatic carbocycles. The molecule has 2 N–H and O–H groups in total. The highest BCUT2D eigenvalue weighted by atomic mass is 32.1. The fourth-order valence-electron chi connectivity index (χ4n) is 2.80. The van der Waals surface area contributed by atoms with Crippen LogP contribution < -0.4 is 5.73 Å². The van der Waals surface area contributed by atoms with Crippen LogP contribution in [0.15, 0.2) is 5.38 Å². The molecule has 1 aromatic heterocycles. The van der Waals surface area contributed by atoms with Gasteiger partial charge in [-0.15, -0.1) is 11.3 Å². The molecule has 1 aliphatic heterocycles. The summed E-state index contributed by atoms with van der Waals surface area (Å²) in [4.78, 5) is 18.5. The highest BCUT2D eigenvalue weighted by molar-refractivity contribution is 7.13. The van der Waals surface area contributed by atoms with E-state index in [0.717, 1.165) is 44.5 Å². The zero-order valence-corrected chi connectivity index (χ0v) is 11.3. The number of thiazole rings is 1. The topological polar surface area (TPSA) is 59.2 Å². The number of amides is 1. The minimum absolute atomic E-state index is 0.330. The molecule has 1 aliphatic carbocycles. The maximum absolute atomic E-state index is 12.1. The lowest BCUT2D eigenvalue weighted by Crippen LogP contribution is -2.43. The number of anilines is 1. The van der Waals surface area contributed by atoms with Crippen LogP contribution in [0.1, 0.15) is 43.7 Å². The monoisotopic (exact) mass is 265 g/mol. The van der Waals surface area contributed by atoms with Gasteiger partial charge in [-0.05, 0) is 25.7 Å². The molecule has 0 spiro atoms. The third-order valence-corrected chi connectivity index (χ3v) is 4.91. The summed E-state index contributed by atoms with van der Waals surface area (Å²) in [5, 5.41) is 2.71. The molecule has 4 nitrogen and oxygen atoms in total. The Morgan fingerprint density at radius 1 is 1.33 bits per heavy atom. The van der Waals surface area contributed by atoms with Gasteiger partial charge in [-0.1, -0.05) is 6.42 Å². The average molecular weight is 265 g/mol. The third kappa shape index (κ3) is 2.23. The van der Waals surface area contributed by atoms with Gasteiger partial charge in [0.2, 0.25) is 5.91 Å². The van der Waals surface area contributed by atoms with Gasteiger partial charge in [0.1, 0.15) is 0 Å². The van der Waals surface area contributed by atoms with Crippen molar-refractivity contribution in [3.05, 3.63) is 11.1 Å². The summed E-state index contributed by atoms with van der Waals surface area (Å²) >= 11 is 1.51. The van der Waals surface area contributed by atoms with Crippen LogP contribution in [0.2, 0.25) is 0 Å². The fourth-order valence-corrected chi connectivity index (χ4v) is 3.44. The number of hydrogen-bond acceptors (Lipinski definition) is 4. The van der Waals surface area contributed by atoms with Crippen molar-refractivity contribution < 1.29 is 4.79 Å². The molecule has 2 aliphatic rings. The van der Waals surface area contributed by atoms with Gasteiger partial charge in [0, 0.05) is 30.3 Å². The average Bonchev–Trinajstić information content (AvgIpc) is 2.74. The Bertz CT molecular complexity index is 433. The summed E-state index contributed by atoms with van der Waals surface area (Å²) in [6, 6.07) is 0. The van der Waals surface area contributed by atoms with E-state index in [2.05, 4.69) is 15.3 Å². The molecule has 98 valence electrons.